The number of aromatic nitrogens is 3. The Hall–Kier alpha value is -3.02. The molecular weight excluding hydrogens is 446 g/mol. The maximum absolute atomic E-state index is 13.4. The zero-order valence-electron chi connectivity index (χ0n) is 18.4. The predicted octanol–water partition coefficient (Wildman–Crippen LogP) is 1.60. The summed E-state index contributed by atoms with van der Waals surface area (Å²) >= 11 is 0. The Kier molecular flexibility index (Phi) is 5.55. The summed E-state index contributed by atoms with van der Waals surface area (Å²) < 4.78 is 40.2. The number of nitrogens with zero attached hydrogens (tertiary/aromatic N) is 4. The molecule has 1 aliphatic heterocycles. The fourth-order valence-electron chi connectivity index (χ4n) is 3.86. The van der Waals surface area contributed by atoms with Gasteiger partial charge in [-0.2, -0.15) is 4.31 Å². The molecule has 3 aromatic rings. The number of pyridine rings is 1. The van der Waals surface area contributed by atoms with Gasteiger partial charge >= 0.3 is 0 Å². The van der Waals surface area contributed by atoms with E-state index in [0.29, 0.717) is 41.2 Å². The molecule has 0 amide bonds. The number of fused-ring (bicyclic) bond motifs is 1. The van der Waals surface area contributed by atoms with E-state index >= 15 is 0 Å². The summed E-state index contributed by atoms with van der Waals surface area (Å²) in [6.07, 6.45) is 3.49. The van der Waals surface area contributed by atoms with E-state index in [0.717, 1.165) is 12.8 Å². The molecule has 5 rings (SSSR count). The zero-order valence-corrected chi connectivity index (χ0v) is 19.3. The van der Waals surface area contributed by atoms with Crippen molar-refractivity contribution in [2.75, 3.05) is 38.7 Å². The van der Waals surface area contributed by atoms with Gasteiger partial charge < -0.3 is 19.4 Å². The number of aryl methyl sites for hydroxylation is 1. The molecule has 1 saturated heterocycles. The Labute approximate surface area is 191 Å². The lowest BCUT2D eigenvalue weighted by Crippen LogP contribution is -2.40. The van der Waals surface area contributed by atoms with Crippen LogP contribution in [0.25, 0.3) is 22.2 Å². The number of ether oxygens (including phenoxy) is 2. The number of morpholine rings is 1. The van der Waals surface area contributed by atoms with Gasteiger partial charge in [0.1, 0.15) is 21.8 Å². The van der Waals surface area contributed by atoms with Crippen molar-refractivity contribution in [1.82, 2.24) is 18.8 Å². The van der Waals surface area contributed by atoms with Gasteiger partial charge in [-0.3, -0.25) is 4.79 Å². The van der Waals surface area contributed by atoms with Gasteiger partial charge in [0.05, 0.1) is 37.9 Å². The van der Waals surface area contributed by atoms with Gasteiger partial charge in [0.2, 0.25) is 10.0 Å². The quantitative estimate of drug-likeness (QED) is 0.576. The summed E-state index contributed by atoms with van der Waals surface area (Å²) in [6.45, 7) is 1.27. The number of benzene rings is 1. The van der Waals surface area contributed by atoms with E-state index in [1.54, 1.807) is 31.3 Å². The zero-order chi connectivity index (χ0) is 23.2. The maximum atomic E-state index is 13.4. The van der Waals surface area contributed by atoms with Crippen LogP contribution < -0.4 is 15.6 Å². The molecule has 0 bridgehead atoms. The molecule has 0 unspecified atom stereocenters. The third-order valence-corrected chi connectivity index (χ3v) is 7.79. The second-order valence-corrected chi connectivity index (χ2v) is 10.1. The summed E-state index contributed by atoms with van der Waals surface area (Å²) in [5, 5.41) is 3.75. The highest BCUT2D eigenvalue weighted by Crippen LogP contribution is 2.34. The number of hydrogen-bond acceptors (Lipinski definition) is 8. The number of hydrogen-bond donors (Lipinski definition) is 1. The summed E-state index contributed by atoms with van der Waals surface area (Å²) in [6, 6.07) is 6.93. The van der Waals surface area contributed by atoms with E-state index in [4.69, 9.17) is 14.5 Å². The minimum atomic E-state index is -3.79. The van der Waals surface area contributed by atoms with Crippen LogP contribution in [0.15, 0.2) is 40.3 Å². The van der Waals surface area contributed by atoms with E-state index in [1.807, 2.05) is 0 Å². The largest absolute Gasteiger partial charge is 0.495 e. The second kappa shape index (κ2) is 8.40. The van der Waals surface area contributed by atoms with Crippen molar-refractivity contribution in [3.63, 3.8) is 0 Å². The molecule has 2 aliphatic rings. The lowest BCUT2D eigenvalue weighted by Gasteiger charge is -2.26. The summed E-state index contributed by atoms with van der Waals surface area (Å²) in [5.41, 5.74) is 1.42. The van der Waals surface area contributed by atoms with Crippen LogP contribution in [-0.2, 0) is 21.8 Å². The summed E-state index contributed by atoms with van der Waals surface area (Å²) in [4.78, 5) is 22.0. The summed E-state index contributed by atoms with van der Waals surface area (Å²) in [5.74, 6) is 0.724. The van der Waals surface area contributed by atoms with Crippen molar-refractivity contribution in [2.45, 2.75) is 23.8 Å². The Morgan fingerprint density at radius 3 is 2.64 bits per heavy atom. The van der Waals surface area contributed by atoms with Gasteiger partial charge in [-0.25, -0.2) is 18.4 Å². The first-order valence-corrected chi connectivity index (χ1v) is 12.2. The molecule has 0 spiro atoms. The van der Waals surface area contributed by atoms with E-state index in [2.05, 4.69) is 10.3 Å². The van der Waals surface area contributed by atoms with Crippen LogP contribution in [0.2, 0.25) is 0 Å². The Morgan fingerprint density at radius 1 is 1.18 bits per heavy atom. The van der Waals surface area contributed by atoms with Crippen LogP contribution in [0.3, 0.4) is 0 Å². The average molecular weight is 472 g/mol. The van der Waals surface area contributed by atoms with Gasteiger partial charge in [0, 0.05) is 31.7 Å². The van der Waals surface area contributed by atoms with Crippen molar-refractivity contribution in [3.05, 3.63) is 40.9 Å². The minimum absolute atomic E-state index is 0.0694. The van der Waals surface area contributed by atoms with Gasteiger partial charge in [-0.15, -0.1) is 0 Å². The van der Waals surface area contributed by atoms with E-state index in [-0.39, 0.29) is 35.3 Å². The molecule has 1 aliphatic carbocycles. The van der Waals surface area contributed by atoms with Gasteiger partial charge in [-0.1, -0.05) is 0 Å². The lowest BCUT2D eigenvalue weighted by molar-refractivity contribution is 0.0729. The van der Waals surface area contributed by atoms with E-state index in [1.165, 1.54) is 22.3 Å². The first-order chi connectivity index (χ1) is 15.9. The SMILES string of the molecule is COc1ccc(-c2cc3ncn(C)c(=O)c3c(NC3CC3)n2)cc1S(=O)(=O)N1CCOCC1. The molecule has 1 saturated carbocycles. The molecule has 3 heterocycles. The molecule has 1 aromatic carbocycles. The third-order valence-electron chi connectivity index (χ3n) is 5.87. The van der Waals surface area contributed by atoms with Crippen LogP contribution in [0.1, 0.15) is 12.8 Å². The molecule has 11 heteroatoms. The van der Waals surface area contributed by atoms with Gasteiger partial charge in [-0.05, 0) is 37.1 Å². The Balaban J connectivity index is 1.65. The van der Waals surface area contributed by atoms with Crippen LogP contribution >= 0.6 is 0 Å². The highest BCUT2D eigenvalue weighted by Gasteiger charge is 2.30. The lowest BCUT2D eigenvalue weighted by atomic mass is 10.1. The number of sulfonamides is 1. The molecule has 10 nitrogen and oxygen atoms in total. The third kappa shape index (κ3) is 4.07. The van der Waals surface area contributed by atoms with Crippen LogP contribution in [0.4, 0.5) is 5.82 Å². The minimum Gasteiger partial charge on any atom is -0.495 e. The monoisotopic (exact) mass is 471 g/mol. The number of rotatable bonds is 6. The first kappa shape index (κ1) is 21.8. The fourth-order valence-corrected chi connectivity index (χ4v) is 5.45. The Morgan fingerprint density at radius 2 is 1.94 bits per heavy atom. The highest BCUT2D eigenvalue weighted by atomic mass is 32.2. The van der Waals surface area contributed by atoms with Crippen LogP contribution in [0.5, 0.6) is 5.75 Å². The smallest absolute Gasteiger partial charge is 0.264 e. The molecule has 2 aromatic heterocycles. The second-order valence-electron chi connectivity index (χ2n) is 8.21. The van der Waals surface area contributed by atoms with Crippen molar-refractivity contribution < 1.29 is 17.9 Å². The van der Waals surface area contributed by atoms with Crippen molar-refractivity contribution >= 4 is 26.7 Å². The Bertz CT molecular complexity index is 1380. The average Bonchev–Trinajstić information content (AvgIpc) is 3.65. The van der Waals surface area contributed by atoms with Crippen LogP contribution in [-0.4, -0.2) is 66.7 Å². The van der Waals surface area contributed by atoms with Gasteiger partial charge in [0.25, 0.3) is 5.56 Å². The molecule has 1 N–H and O–H groups in total. The molecule has 0 atom stereocenters. The molecule has 33 heavy (non-hydrogen) atoms. The normalized spacial score (nSPS) is 17.3. The van der Waals surface area contributed by atoms with E-state index in [9.17, 15) is 13.2 Å². The molecular formula is C22H25N5O5S. The van der Waals surface area contributed by atoms with Crippen LogP contribution in [0, 0.1) is 0 Å². The first-order valence-electron chi connectivity index (χ1n) is 10.8. The topological polar surface area (TPSA) is 116 Å². The van der Waals surface area contributed by atoms with Crippen molar-refractivity contribution in [2.24, 2.45) is 7.05 Å². The standard InChI is InChI=1S/C22H25N5O5S/c1-26-13-23-17-12-16(25-21(20(17)22(26)28)24-15-4-5-15)14-3-6-18(31-2)19(11-14)33(29,30)27-7-9-32-10-8-27/h3,6,11-13,15H,4-5,7-10H2,1-2H3,(H,24,25). The number of anilines is 1. The predicted molar refractivity (Wildman–Crippen MR) is 123 cm³/mol. The number of methoxy groups -OCH3 is 1. The highest BCUT2D eigenvalue weighted by molar-refractivity contribution is 7.89. The van der Waals surface area contributed by atoms with Gasteiger partial charge in [0.15, 0.2) is 0 Å². The number of nitrogens with one attached hydrogen (secondary N) is 1. The van der Waals surface area contributed by atoms with Crippen molar-refractivity contribution in [1.29, 1.82) is 0 Å². The molecule has 174 valence electrons. The maximum Gasteiger partial charge on any atom is 0.264 e. The van der Waals surface area contributed by atoms with Crippen molar-refractivity contribution in [3.8, 4) is 17.0 Å². The fraction of sp³-hybridized carbons (Fsp3) is 0.409. The molecule has 2 fully saturated rings. The molecule has 0 radical (unpaired) electrons. The van der Waals surface area contributed by atoms with E-state index < -0.39 is 10.0 Å². The summed E-state index contributed by atoms with van der Waals surface area (Å²) in [7, 11) is -0.701.